The summed E-state index contributed by atoms with van der Waals surface area (Å²) >= 11 is 0. The van der Waals surface area contributed by atoms with E-state index in [0.717, 1.165) is 31.4 Å². The van der Waals surface area contributed by atoms with E-state index in [9.17, 15) is 0 Å². The lowest BCUT2D eigenvalue weighted by atomic mass is 10.0. The van der Waals surface area contributed by atoms with Crippen LogP contribution in [0.3, 0.4) is 0 Å². The van der Waals surface area contributed by atoms with Crippen molar-refractivity contribution < 1.29 is 0 Å². The van der Waals surface area contributed by atoms with Gasteiger partial charge in [-0.15, -0.1) is 24.0 Å². The van der Waals surface area contributed by atoms with E-state index < -0.39 is 0 Å². The molecule has 25 heavy (non-hydrogen) atoms. The Bertz CT molecular complexity index is 538. The molecule has 1 fully saturated rings. The van der Waals surface area contributed by atoms with Crippen LogP contribution < -0.4 is 15.5 Å². The van der Waals surface area contributed by atoms with Crippen molar-refractivity contribution in [3.63, 3.8) is 0 Å². The van der Waals surface area contributed by atoms with Gasteiger partial charge in [-0.25, -0.2) is 4.98 Å². The van der Waals surface area contributed by atoms with Gasteiger partial charge >= 0.3 is 0 Å². The van der Waals surface area contributed by atoms with Gasteiger partial charge < -0.3 is 20.4 Å². The number of piperidine rings is 1. The van der Waals surface area contributed by atoms with Gasteiger partial charge in [0.2, 0.25) is 0 Å². The zero-order valence-corrected chi connectivity index (χ0v) is 18.4. The molecule has 0 amide bonds. The van der Waals surface area contributed by atoms with Crippen LogP contribution in [-0.4, -0.2) is 62.2 Å². The number of hydrogen-bond donors (Lipinski definition) is 2. The van der Waals surface area contributed by atoms with E-state index in [1.807, 2.05) is 38.3 Å². The number of nitrogens with zero attached hydrogens (tertiary/aromatic N) is 4. The number of aliphatic imine (C=N–C) groups is 1. The molecule has 0 aromatic carbocycles. The fourth-order valence-corrected chi connectivity index (χ4v) is 2.95. The van der Waals surface area contributed by atoms with Crippen molar-refractivity contribution in [2.45, 2.75) is 45.3 Å². The number of rotatable bonds is 5. The Labute approximate surface area is 169 Å². The monoisotopic (exact) mass is 460 g/mol. The lowest BCUT2D eigenvalue weighted by Crippen LogP contribution is -2.49. The Morgan fingerprint density at radius 1 is 1.36 bits per heavy atom. The molecule has 0 atom stereocenters. The highest BCUT2D eigenvalue weighted by Gasteiger charge is 2.21. The number of aromatic nitrogens is 1. The van der Waals surface area contributed by atoms with E-state index in [1.54, 1.807) is 0 Å². The minimum atomic E-state index is 0. The summed E-state index contributed by atoms with van der Waals surface area (Å²) in [4.78, 5) is 13.3. The maximum atomic E-state index is 4.36. The summed E-state index contributed by atoms with van der Waals surface area (Å²) in [7, 11) is 5.84. The van der Waals surface area contributed by atoms with Crippen molar-refractivity contribution in [2.24, 2.45) is 4.99 Å². The van der Waals surface area contributed by atoms with Crippen LogP contribution >= 0.6 is 24.0 Å². The molecule has 1 aliphatic heterocycles. The van der Waals surface area contributed by atoms with Crippen molar-refractivity contribution in [1.29, 1.82) is 0 Å². The average Bonchev–Trinajstić information content (AvgIpc) is 2.59. The van der Waals surface area contributed by atoms with Crippen molar-refractivity contribution in [3.05, 3.63) is 23.9 Å². The highest BCUT2D eigenvalue weighted by atomic mass is 127. The normalized spacial score (nSPS) is 16.5. The minimum Gasteiger partial charge on any atom is -0.363 e. The number of pyridine rings is 1. The second-order valence-corrected chi connectivity index (χ2v) is 6.89. The number of guanidine groups is 1. The van der Waals surface area contributed by atoms with Crippen LogP contribution in [0, 0.1) is 0 Å². The molecular formula is C18H33IN6. The first kappa shape index (κ1) is 22.0. The molecular weight excluding hydrogens is 427 g/mol. The number of nitrogens with one attached hydrogen (secondary N) is 2. The molecule has 2 N–H and O–H groups in total. The standard InChI is InChI=1S/C18H32N6.HI/c1-14(2)24-10-7-16(8-11-24)22-18(19-3)21-13-15-6-9-20-17(12-15)23(4)5;/h6,9,12,14,16H,7-8,10-11,13H2,1-5H3,(H2,19,21,22);1H. The van der Waals surface area contributed by atoms with E-state index in [4.69, 9.17) is 0 Å². The molecule has 142 valence electrons. The van der Waals surface area contributed by atoms with Gasteiger partial charge in [-0.05, 0) is 44.4 Å². The van der Waals surface area contributed by atoms with Gasteiger partial charge in [-0.1, -0.05) is 0 Å². The van der Waals surface area contributed by atoms with Crippen molar-refractivity contribution in [2.75, 3.05) is 39.1 Å². The lowest BCUT2D eigenvalue weighted by molar-refractivity contribution is 0.167. The number of halogens is 1. The molecule has 6 nitrogen and oxygen atoms in total. The first-order valence-electron chi connectivity index (χ1n) is 8.83. The number of hydrogen-bond acceptors (Lipinski definition) is 4. The van der Waals surface area contributed by atoms with Gasteiger partial charge in [0, 0.05) is 59.1 Å². The molecule has 7 heteroatoms. The van der Waals surface area contributed by atoms with Crippen molar-refractivity contribution in [1.82, 2.24) is 20.5 Å². The molecule has 2 heterocycles. The quantitative estimate of drug-likeness (QED) is 0.401. The summed E-state index contributed by atoms with van der Waals surface area (Å²) < 4.78 is 0. The minimum absolute atomic E-state index is 0. The van der Waals surface area contributed by atoms with Gasteiger partial charge in [0.05, 0.1) is 0 Å². The zero-order chi connectivity index (χ0) is 17.5. The lowest BCUT2D eigenvalue weighted by Gasteiger charge is -2.35. The van der Waals surface area contributed by atoms with Crippen LogP contribution in [0.2, 0.25) is 0 Å². The Morgan fingerprint density at radius 2 is 2.04 bits per heavy atom. The van der Waals surface area contributed by atoms with Crippen molar-refractivity contribution >= 4 is 35.8 Å². The molecule has 0 aliphatic carbocycles. The molecule has 2 rings (SSSR count). The van der Waals surface area contributed by atoms with Crippen LogP contribution in [0.25, 0.3) is 0 Å². The largest absolute Gasteiger partial charge is 0.363 e. The first-order chi connectivity index (χ1) is 11.5. The number of likely N-dealkylation sites (tertiary alicyclic amines) is 1. The van der Waals surface area contributed by atoms with Gasteiger partial charge in [-0.3, -0.25) is 4.99 Å². The second kappa shape index (κ2) is 10.8. The maximum Gasteiger partial charge on any atom is 0.191 e. The van der Waals surface area contributed by atoms with Crippen LogP contribution in [0.1, 0.15) is 32.3 Å². The first-order valence-corrected chi connectivity index (χ1v) is 8.83. The van der Waals surface area contributed by atoms with Crippen molar-refractivity contribution in [3.8, 4) is 0 Å². The van der Waals surface area contributed by atoms with Gasteiger partial charge in [-0.2, -0.15) is 0 Å². The highest BCUT2D eigenvalue weighted by molar-refractivity contribution is 14.0. The molecule has 0 saturated carbocycles. The zero-order valence-electron chi connectivity index (χ0n) is 16.1. The average molecular weight is 460 g/mol. The summed E-state index contributed by atoms with van der Waals surface area (Å²) in [5.74, 6) is 1.85. The maximum absolute atomic E-state index is 4.36. The van der Waals surface area contributed by atoms with Gasteiger partial charge in [0.1, 0.15) is 5.82 Å². The van der Waals surface area contributed by atoms with Crippen LogP contribution in [0.4, 0.5) is 5.82 Å². The third kappa shape index (κ3) is 6.97. The van der Waals surface area contributed by atoms with E-state index in [-0.39, 0.29) is 24.0 Å². The second-order valence-electron chi connectivity index (χ2n) is 6.89. The highest BCUT2D eigenvalue weighted by Crippen LogP contribution is 2.13. The summed E-state index contributed by atoms with van der Waals surface area (Å²) in [5, 5.41) is 6.97. The van der Waals surface area contributed by atoms with E-state index >= 15 is 0 Å². The van der Waals surface area contributed by atoms with Crippen LogP contribution in [0.5, 0.6) is 0 Å². The summed E-state index contributed by atoms with van der Waals surface area (Å²) in [6.45, 7) is 7.59. The Hall–Kier alpha value is -1.09. The number of anilines is 1. The Balaban J connectivity index is 0.00000312. The fraction of sp³-hybridized carbons (Fsp3) is 0.667. The smallest absolute Gasteiger partial charge is 0.191 e. The van der Waals surface area contributed by atoms with Gasteiger partial charge in [0.15, 0.2) is 5.96 Å². The molecule has 0 spiro atoms. The molecule has 1 aromatic rings. The van der Waals surface area contributed by atoms with E-state index in [0.29, 0.717) is 12.1 Å². The van der Waals surface area contributed by atoms with Crippen LogP contribution in [-0.2, 0) is 6.54 Å². The predicted molar refractivity (Wildman–Crippen MR) is 117 cm³/mol. The third-order valence-corrected chi connectivity index (χ3v) is 4.55. The molecule has 1 saturated heterocycles. The molecule has 0 radical (unpaired) electrons. The summed E-state index contributed by atoms with van der Waals surface area (Å²) in [6, 6.07) is 5.28. The molecule has 0 unspecified atom stereocenters. The van der Waals surface area contributed by atoms with Crippen LogP contribution in [0.15, 0.2) is 23.3 Å². The van der Waals surface area contributed by atoms with E-state index in [2.05, 4.69) is 45.4 Å². The SMILES string of the molecule is CN=C(NCc1ccnc(N(C)C)c1)NC1CCN(C(C)C)CC1.I. The van der Waals surface area contributed by atoms with Gasteiger partial charge in [0.25, 0.3) is 0 Å². The fourth-order valence-electron chi connectivity index (χ4n) is 2.95. The summed E-state index contributed by atoms with van der Waals surface area (Å²) in [6.07, 6.45) is 4.18. The molecule has 0 bridgehead atoms. The van der Waals surface area contributed by atoms with E-state index in [1.165, 1.54) is 18.4 Å². The molecule has 1 aromatic heterocycles. The topological polar surface area (TPSA) is 55.8 Å². The molecule has 1 aliphatic rings. The Kier molecular flexibility index (Phi) is 9.48. The predicted octanol–water partition coefficient (Wildman–Crippen LogP) is 2.30. The summed E-state index contributed by atoms with van der Waals surface area (Å²) in [5.41, 5.74) is 1.20. The Morgan fingerprint density at radius 3 is 2.60 bits per heavy atom. The third-order valence-electron chi connectivity index (χ3n) is 4.55.